The normalized spacial score (nSPS) is 13.8. The van der Waals surface area contributed by atoms with Gasteiger partial charge in [-0.15, -0.1) is 0 Å². The minimum absolute atomic E-state index is 0.0343. The lowest BCUT2D eigenvalue weighted by atomic mass is 10.1. The van der Waals surface area contributed by atoms with E-state index < -0.39 is 0 Å². The van der Waals surface area contributed by atoms with Crippen molar-refractivity contribution in [3.05, 3.63) is 58.1 Å². The van der Waals surface area contributed by atoms with E-state index in [1.54, 1.807) is 36.4 Å². The molecule has 0 bridgehead atoms. The highest BCUT2D eigenvalue weighted by Gasteiger charge is 2.17. The van der Waals surface area contributed by atoms with Crippen molar-refractivity contribution >= 4 is 34.0 Å². The average Bonchev–Trinajstić information content (AvgIpc) is 2.79. The Hall–Kier alpha value is -2.91. The topological polar surface area (TPSA) is 89.5 Å². The number of halogens is 1. The Morgan fingerprint density at radius 2 is 1.94 bits per heavy atom. The molecule has 2 aromatic rings. The van der Waals surface area contributed by atoms with Crippen LogP contribution in [0.1, 0.15) is 11.1 Å². The zero-order chi connectivity index (χ0) is 22.1. The molecule has 3 rings (SSSR count). The van der Waals surface area contributed by atoms with Crippen molar-refractivity contribution in [3.8, 4) is 11.5 Å². The number of methoxy groups -OCH3 is 1. The van der Waals surface area contributed by atoms with Crippen molar-refractivity contribution in [2.24, 2.45) is 5.10 Å². The number of rotatable bonds is 8. The second-order valence-corrected chi connectivity index (χ2v) is 7.64. The van der Waals surface area contributed by atoms with Crippen LogP contribution in [0.2, 0.25) is 0 Å². The molecule has 0 aliphatic carbocycles. The van der Waals surface area contributed by atoms with E-state index >= 15 is 0 Å². The van der Waals surface area contributed by atoms with E-state index in [9.17, 15) is 9.59 Å². The molecule has 8 nitrogen and oxygen atoms in total. The summed E-state index contributed by atoms with van der Waals surface area (Å²) in [5.41, 5.74) is 4.14. The monoisotopic (exact) mass is 489 g/mol. The van der Waals surface area contributed by atoms with Gasteiger partial charge in [-0.25, -0.2) is 5.43 Å². The number of morpholine rings is 1. The third-order valence-electron chi connectivity index (χ3n) is 4.60. The van der Waals surface area contributed by atoms with E-state index in [0.29, 0.717) is 36.5 Å². The summed E-state index contributed by atoms with van der Waals surface area (Å²) in [5, 5.41) is 3.99. The quantitative estimate of drug-likeness (QED) is 0.454. The van der Waals surface area contributed by atoms with Gasteiger partial charge in [0.2, 0.25) is 5.91 Å². The van der Waals surface area contributed by atoms with Crippen molar-refractivity contribution in [2.45, 2.75) is 6.42 Å². The van der Waals surface area contributed by atoms with Gasteiger partial charge in [0.25, 0.3) is 5.91 Å². The zero-order valence-electron chi connectivity index (χ0n) is 17.2. The first-order valence-electron chi connectivity index (χ1n) is 9.78. The Bertz CT molecular complexity index is 927. The van der Waals surface area contributed by atoms with Gasteiger partial charge in [0.05, 0.1) is 37.4 Å². The number of hydrazone groups is 1. The smallest absolute Gasteiger partial charge is 0.260 e. The Morgan fingerprint density at radius 1 is 1.19 bits per heavy atom. The predicted octanol–water partition coefficient (Wildman–Crippen LogP) is 2.39. The first-order chi connectivity index (χ1) is 15.0. The lowest BCUT2D eigenvalue weighted by Gasteiger charge is -2.26. The summed E-state index contributed by atoms with van der Waals surface area (Å²) in [6.07, 6.45) is 1.76. The predicted molar refractivity (Wildman–Crippen MR) is 119 cm³/mol. The van der Waals surface area contributed by atoms with Crippen molar-refractivity contribution in [1.82, 2.24) is 10.3 Å². The minimum Gasteiger partial charge on any atom is -0.497 e. The summed E-state index contributed by atoms with van der Waals surface area (Å²) >= 11 is 3.44. The van der Waals surface area contributed by atoms with Gasteiger partial charge in [-0.1, -0.05) is 12.1 Å². The van der Waals surface area contributed by atoms with Crippen LogP contribution in [0.15, 0.2) is 52.0 Å². The molecule has 1 fully saturated rings. The molecule has 2 aromatic carbocycles. The van der Waals surface area contributed by atoms with Gasteiger partial charge in [0, 0.05) is 13.1 Å². The van der Waals surface area contributed by atoms with E-state index in [4.69, 9.17) is 14.2 Å². The Balaban J connectivity index is 1.46. The molecular weight excluding hydrogens is 466 g/mol. The average molecular weight is 490 g/mol. The van der Waals surface area contributed by atoms with E-state index in [-0.39, 0.29) is 24.8 Å². The molecule has 31 heavy (non-hydrogen) atoms. The number of carbonyl (C=O) groups excluding carboxylic acids is 2. The van der Waals surface area contributed by atoms with E-state index in [1.165, 1.54) is 0 Å². The Morgan fingerprint density at radius 3 is 2.61 bits per heavy atom. The molecule has 0 spiro atoms. The summed E-state index contributed by atoms with van der Waals surface area (Å²) < 4.78 is 16.7. The molecule has 1 aliphatic heterocycles. The van der Waals surface area contributed by atoms with E-state index in [2.05, 4.69) is 26.5 Å². The largest absolute Gasteiger partial charge is 0.497 e. The number of ether oxygens (including phenoxy) is 3. The lowest BCUT2D eigenvalue weighted by Crippen LogP contribution is -2.43. The van der Waals surface area contributed by atoms with Gasteiger partial charge < -0.3 is 19.1 Å². The molecule has 1 saturated heterocycles. The molecule has 0 aromatic heterocycles. The maximum atomic E-state index is 12.2. The van der Waals surface area contributed by atoms with Crippen LogP contribution in [0.3, 0.4) is 0 Å². The third-order valence-corrected chi connectivity index (χ3v) is 5.22. The van der Waals surface area contributed by atoms with Crippen LogP contribution in [0, 0.1) is 0 Å². The van der Waals surface area contributed by atoms with Crippen LogP contribution < -0.4 is 14.9 Å². The summed E-state index contributed by atoms with van der Waals surface area (Å²) in [6, 6.07) is 12.6. The number of hydrogen-bond donors (Lipinski definition) is 1. The van der Waals surface area contributed by atoms with Gasteiger partial charge in [0.1, 0.15) is 11.5 Å². The molecule has 9 heteroatoms. The molecule has 2 amide bonds. The van der Waals surface area contributed by atoms with Crippen molar-refractivity contribution in [2.75, 3.05) is 40.0 Å². The minimum atomic E-state index is -0.220. The molecule has 1 aliphatic rings. The van der Waals surface area contributed by atoms with Gasteiger partial charge in [-0.2, -0.15) is 5.10 Å². The van der Waals surface area contributed by atoms with E-state index in [0.717, 1.165) is 16.9 Å². The van der Waals surface area contributed by atoms with E-state index in [1.807, 2.05) is 24.3 Å². The maximum absolute atomic E-state index is 12.2. The van der Waals surface area contributed by atoms with Crippen LogP contribution in [0.4, 0.5) is 0 Å². The Kier molecular flexibility index (Phi) is 8.43. The SMILES string of the molecule is COc1ccc(CC(=O)N/N=C/c2ccc(OCC(=O)N3CCOCC3)c(Br)c2)cc1. The van der Waals surface area contributed by atoms with Crippen LogP contribution in [-0.4, -0.2) is 62.9 Å². The highest BCUT2D eigenvalue weighted by molar-refractivity contribution is 9.10. The van der Waals surface area contributed by atoms with Gasteiger partial charge >= 0.3 is 0 Å². The van der Waals surface area contributed by atoms with Crippen molar-refractivity contribution in [1.29, 1.82) is 0 Å². The first kappa shape index (κ1) is 22.8. The molecule has 164 valence electrons. The number of nitrogens with one attached hydrogen (secondary N) is 1. The Labute approximate surface area is 189 Å². The molecule has 0 saturated carbocycles. The van der Waals surface area contributed by atoms with Crippen LogP contribution in [-0.2, 0) is 20.7 Å². The number of benzene rings is 2. The highest BCUT2D eigenvalue weighted by Crippen LogP contribution is 2.25. The van der Waals surface area contributed by atoms with Crippen LogP contribution >= 0.6 is 15.9 Å². The molecule has 1 heterocycles. The number of amides is 2. The molecule has 0 atom stereocenters. The molecule has 1 N–H and O–H groups in total. The van der Waals surface area contributed by atoms with Crippen LogP contribution in [0.25, 0.3) is 0 Å². The van der Waals surface area contributed by atoms with Crippen molar-refractivity contribution in [3.63, 3.8) is 0 Å². The fourth-order valence-electron chi connectivity index (χ4n) is 2.91. The number of carbonyl (C=O) groups is 2. The van der Waals surface area contributed by atoms with Gasteiger partial charge in [0.15, 0.2) is 6.61 Å². The van der Waals surface area contributed by atoms with Gasteiger partial charge in [-0.05, 0) is 57.4 Å². The second kappa shape index (κ2) is 11.5. The first-order valence-corrected chi connectivity index (χ1v) is 10.6. The second-order valence-electron chi connectivity index (χ2n) is 6.79. The van der Waals surface area contributed by atoms with Crippen LogP contribution in [0.5, 0.6) is 11.5 Å². The lowest BCUT2D eigenvalue weighted by molar-refractivity contribution is -0.137. The summed E-state index contributed by atoms with van der Waals surface area (Å²) in [4.78, 5) is 25.9. The number of hydrogen-bond acceptors (Lipinski definition) is 6. The third kappa shape index (κ3) is 7.08. The standard InChI is InChI=1S/C22H24BrN3O5/c1-29-18-5-2-16(3-6-18)13-21(27)25-24-14-17-4-7-20(19(23)12-17)31-15-22(28)26-8-10-30-11-9-26/h2-7,12,14H,8-11,13,15H2,1H3,(H,25,27)/b24-14+. The van der Waals surface area contributed by atoms with Gasteiger partial charge in [-0.3, -0.25) is 9.59 Å². The highest BCUT2D eigenvalue weighted by atomic mass is 79.9. The molecular formula is C22H24BrN3O5. The molecule has 0 radical (unpaired) electrons. The summed E-state index contributed by atoms with van der Waals surface area (Å²) in [5.74, 6) is 1.01. The molecule has 0 unspecified atom stereocenters. The summed E-state index contributed by atoms with van der Waals surface area (Å²) in [6.45, 7) is 2.25. The number of nitrogens with zero attached hydrogens (tertiary/aromatic N) is 2. The maximum Gasteiger partial charge on any atom is 0.260 e. The zero-order valence-corrected chi connectivity index (χ0v) is 18.8. The summed E-state index contributed by atoms with van der Waals surface area (Å²) in [7, 11) is 1.60. The fourth-order valence-corrected chi connectivity index (χ4v) is 3.42. The fraction of sp³-hybridized carbons (Fsp3) is 0.318. The van der Waals surface area contributed by atoms with Crippen molar-refractivity contribution < 1.29 is 23.8 Å².